The molecule has 0 atom stereocenters. The molecule has 7 aromatic rings. The summed E-state index contributed by atoms with van der Waals surface area (Å²) in [4.78, 5) is 5.09. The lowest BCUT2D eigenvalue weighted by Crippen LogP contribution is -2.34. The zero-order valence-corrected chi connectivity index (χ0v) is 41.1. The molecule has 0 spiro atoms. The molecule has 0 aliphatic heterocycles. The van der Waals surface area contributed by atoms with Crippen LogP contribution < -0.4 is 9.80 Å². The molecular weight excluding hydrogens is 781 g/mol. The molecule has 9 rings (SSSR count). The van der Waals surface area contributed by atoms with Gasteiger partial charge in [0.15, 0.2) is 0 Å². The van der Waals surface area contributed by atoms with Gasteiger partial charge >= 0.3 is 0 Å². The van der Waals surface area contributed by atoms with Gasteiger partial charge in [-0.3, -0.25) is 0 Å². The van der Waals surface area contributed by atoms with E-state index in [1.165, 1.54) is 96.5 Å². The van der Waals surface area contributed by atoms with Crippen LogP contribution in [0.3, 0.4) is 0 Å². The number of nitrogens with zero attached hydrogens (tertiary/aromatic N) is 2. The molecule has 0 unspecified atom stereocenters. The Balaban J connectivity index is 1.32. The molecule has 0 radical (unpaired) electrons. The van der Waals surface area contributed by atoms with Crippen molar-refractivity contribution in [2.75, 3.05) is 9.80 Å². The van der Waals surface area contributed by atoms with Crippen molar-refractivity contribution in [1.29, 1.82) is 0 Å². The van der Waals surface area contributed by atoms with E-state index in [0.717, 1.165) is 23.5 Å². The summed E-state index contributed by atoms with van der Waals surface area (Å²) in [6.07, 6.45) is 4.73. The minimum absolute atomic E-state index is 0.0455. The maximum absolute atomic E-state index is 2.56. The first-order valence-electron chi connectivity index (χ1n) is 23.3. The fraction of sp³-hybridized carbons (Fsp3) is 0.367. The Morgan fingerprint density at radius 1 is 0.460 bits per heavy atom. The van der Waals surface area contributed by atoms with Gasteiger partial charge in [0.1, 0.15) is 0 Å². The van der Waals surface area contributed by atoms with E-state index in [0.29, 0.717) is 0 Å². The van der Waals surface area contributed by atoms with Crippen LogP contribution in [-0.4, -0.2) is 0 Å². The highest BCUT2D eigenvalue weighted by Crippen LogP contribution is 2.54. The van der Waals surface area contributed by atoms with E-state index in [2.05, 4.69) is 227 Å². The predicted octanol–water partition coefficient (Wildman–Crippen LogP) is 18.1. The van der Waals surface area contributed by atoms with Crippen LogP contribution in [0.1, 0.15) is 141 Å². The smallest absolute Gasteiger partial charge is 0.0647 e. The average molecular weight is 849 g/mol. The first kappa shape index (κ1) is 43.1. The van der Waals surface area contributed by atoms with Crippen LogP contribution in [0.4, 0.5) is 34.1 Å². The Bertz CT molecular complexity index is 2840. The molecule has 1 aromatic heterocycles. The molecule has 2 aliphatic carbocycles. The molecule has 0 bridgehead atoms. The summed E-state index contributed by atoms with van der Waals surface area (Å²) in [5, 5.41) is 3.74. The van der Waals surface area contributed by atoms with Crippen LogP contribution in [0.25, 0.3) is 21.2 Å². The van der Waals surface area contributed by atoms with Gasteiger partial charge in [0, 0.05) is 43.8 Å². The average Bonchev–Trinajstić information content (AvgIpc) is 3.64. The van der Waals surface area contributed by atoms with Crippen LogP contribution in [0.15, 0.2) is 127 Å². The molecular formula is C60H68N2S. The lowest BCUT2D eigenvalue weighted by Gasteiger charge is -2.43. The van der Waals surface area contributed by atoms with E-state index in [1.807, 2.05) is 11.3 Å². The number of aryl methyl sites for hydroxylation is 2. The van der Waals surface area contributed by atoms with E-state index < -0.39 is 0 Å². The van der Waals surface area contributed by atoms with Crippen molar-refractivity contribution in [3.05, 3.63) is 166 Å². The Hall–Kier alpha value is -5.12. The number of thiophene rings is 1. The summed E-state index contributed by atoms with van der Waals surface area (Å²) >= 11 is 1.88. The van der Waals surface area contributed by atoms with Gasteiger partial charge in [-0.1, -0.05) is 131 Å². The maximum Gasteiger partial charge on any atom is 0.0647 e. The number of hydrogen-bond acceptors (Lipinski definition) is 3. The van der Waals surface area contributed by atoms with E-state index in [4.69, 9.17) is 0 Å². The lowest BCUT2D eigenvalue weighted by molar-refractivity contribution is 0.332. The molecule has 0 fully saturated rings. The van der Waals surface area contributed by atoms with Gasteiger partial charge in [-0.15, -0.1) is 11.3 Å². The fourth-order valence-electron chi connectivity index (χ4n) is 10.6. The molecule has 0 N–H and O–H groups in total. The quantitative estimate of drug-likeness (QED) is 0.158. The van der Waals surface area contributed by atoms with E-state index >= 15 is 0 Å². The van der Waals surface area contributed by atoms with Crippen LogP contribution >= 0.6 is 11.3 Å². The molecule has 2 nitrogen and oxygen atoms in total. The summed E-state index contributed by atoms with van der Waals surface area (Å²) in [6, 6.07) is 46.9. The maximum atomic E-state index is 2.56. The molecule has 0 saturated heterocycles. The fourth-order valence-corrected chi connectivity index (χ4v) is 11.6. The third-order valence-corrected chi connectivity index (χ3v) is 15.8. The van der Waals surface area contributed by atoms with Crippen molar-refractivity contribution < 1.29 is 0 Å². The second-order valence-corrected chi connectivity index (χ2v) is 23.6. The number of benzene rings is 6. The van der Waals surface area contributed by atoms with Crippen LogP contribution in [0.2, 0.25) is 0 Å². The second kappa shape index (κ2) is 15.3. The summed E-state index contributed by atoms with van der Waals surface area (Å²) in [5.41, 5.74) is 19.8. The van der Waals surface area contributed by atoms with Gasteiger partial charge in [0.25, 0.3) is 0 Å². The normalized spacial score (nSPS) is 17.2. The second-order valence-electron chi connectivity index (χ2n) is 22.7. The van der Waals surface area contributed by atoms with Crippen LogP contribution in [0.5, 0.6) is 0 Å². The summed E-state index contributed by atoms with van der Waals surface area (Å²) in [6.45, 7) is 30.9. The van der Waals surface area contributed by atoms with Crippen LogP contribution in [0, 0.1) is 13.8 Å². The zero-order chi connectivity index (χ0) is 44.9. The molecule has 1 heterocycles. The third kappa shape index (κ3) is 7.83. The van der Waals surface area contributed by atoms with Gasteiger partial charge in [0.2, 0.25) is 0 Å². The number of fused-ring (bicyclic) bond motifs is 3. The monoisotopic (exact) mass is 849 g/mol. The first-order chi connectivity index (χ1) is 29.6. The predicted molar refractivity (Wildman–Crippen MR) is 275 cm³/mol. The molecule has 0 saturated carbocycles. The van der Waals surface area contributed by atoms with E-state index in [1.54, 1.807) is 0 Å². The minimum Gasteiger partial charge on any atom is -0.310 e. The van der Waals surface area contributed by atoms with Gasteiger partial charge in [-0.25, -0.2) is 0 Å². The summed E-state index contributed by atoms with van der Waals surface area (Å²) in [5.74, 6) is 0. The Morgan fingerprint density at radius 2 is 0.984 bits per heavy atom. The van der Waals surface area contributed by atoms with Gasteiger partial charge in [0.05, 0.1) is 11.4 Å². The minimum atomic E-state index is 0.0455. The largest absolute Gasteiger partial charge is 0.310 e. The van der Waals surface area contributed by atoms with Gasteiger partial charge < -0.3 is 9.80 Å². The topological polar surface area (TPSA) is 6.48 Å². The van der Waals surface area contributed by atoms with Crippen molar-refractivity contribution in [1.82, 2.24) is 0 Å². The Kier molecular flexibility index (Phi) is 10.5. The molecule has 324 valence electrons. The van der Waals surface area contributed by atoms with Crippen molar-refractivity contribution in [2.24, 2.45) is 0 Å². The highest BCUT2D eigenvalue weighted by Gasteiger charge is 2.40. The van der Waals surface area contributed by atoms with Crippen molar-refractivity contribution in [3.8, 4) is 11.1 Å². The summed E-state index contributed by atoms with van der Waals surface area (Å²) < 4.78 is 1.35. The van der Waals surface area contributed by atoms with Crippen molar-refractivity contribution in [2.45, 2.75) is 143 Å². The molecule has 2 aliphatic rings. The van der Waals surface area contributed by atoms with Gasteiger partial charge in [-0.2, -0.15) is 0 Å². The number of anilines is 6. The first-order valence-corrected chi connectivity index (χ1v) is 24.2. The molecule has 3 heteroatoms. The van der Waals surface area contributed by atoms with E-state index in [-0.39, 0.29) is 27.1 Å². The van der Waals surface area contributed by atoms with Crippen molar-refractivity contribution >= 4 is 55.5 Å². The Labute approximate surface area is 383 Å². The van der Waals surface area contributed by atoms with E-state index in [9.17, 15) is 0 Å². The van der Waals surface area contributed by atoms with Crippen molar-refractivity contribution in [3.63, 3.8) is 0 Å². The summed E-state index contributed by atoms with van der Waals surface area (Å²) in [7, 11) is 0. The van der Waals surface area contributed by atoms with Gasteiger partial charge in [-0.05, 0) is 178 Å². The molecule has 6 aromatic carbocycles. The highest BCUT2D eigenvalue weighted by molar-refractivity contribution is 7.17. The lowest BCUT2D eigenvalue weighted by atomic mass is 9.62. The van der Waals surface area contributed by atoms with Crippen LogP contribution in [-0.2, 0) is 27.1 Å². The molecule has 63 heavy (non-hydrogen) atoms. The zero-order valence-electron chi connectivity index (χ0n) is 40.3. The Morgan fingerprint density at radius 3 is 1.56 bits per heavy atom. The number of hydrogen-bond donors (Lipinski definition) is 0. The standard InChI is InChI=1S/C60H68N2S/c1-39-18-17-21-44(30-39)62(53-36-51-49(57(6,7)26-28-59(51,10)11)34-47(53)41-19-15-14-16-20-41)46-32-40(2)31-45(33-46)61(43-24-22-42(23-25-43)56(3,4)5)54-38-63-55-37-52-50(35-48(54)55)58(8,9)27-29-60(52,12)13/h14-25,30-38H,26-29H2,1-13H3. The molecule has 0 amide bonds. The third-order valence-electron chi connectivity index (χ3n) is 14.9. The number of rotatable bonds is 7. The SMILES string of the molecule is Cc1cccc(N(c2cc(C)cc(N(c3ccc(C(C)(C)C)cc3)c3csc4cc5c(cc34)C(C)(C)CCC5(C)C)c2)c2cc3c(cc2-c2ccccc2)C(C)(C)CCC3(C)C)c1. The highest BCUT2D eigenvalue weighted by atomic mass is 32.1.